The maximum atomic E-state index is 12.2. The van der Waals surface area contributed by atoms with E-state index >= 15 is 0 Å². The van der Waals surface area contributed by atoms with Crippen LogP contribution in [-0.2, 0) is 4.74 Å². The average molecular weight is 325 g/mol. The number of rotatable bonds is 2. The van der Waals surface area contributed by atoms with Crippen molar-refractivity contribution in [1.82, 2.24) is 14.7 Å². The molecule has 0 aromatic heterocycles. The molecule has 5 heteroatoms. The molecule has 0 aromatic carbocycles. The van der Waals surface area contributed by atoms with Crippen LogP contribution in [0.3, 0.4) is 0 Å². The van der Waals surface area contributed by atoms with Crippen LogP contribution in [0.25, 0.3) is 0 Å². The molecule has 0 radical (unpaired) electrons. The lowest BCUT2D eigenvalue weighted by molar-refractivity contribution is -0.00588. The van der Waals surface area contributed by atoms with Crippen molar-refractivity contribution in [1.29, 1.82) is 0 Å². The Morgan fingerprint density at radius 2 is 1.78 bits per heavy atom. The van der Waals surface area contributed by atoms with Gasteiger partial charge in [0.25, 0.3) is 0 Å². The second-order valence-electron chi connectivity index (χ2n) is 8.86. The third kappa shape index (κ3) is 5.35. The predicted molar refractivity (Wildman–Crippen MR) is 93.7 cm³/mol. The first-order valence-electron chi connectivity index (χ1n) is 8.99. The van der Waals surface area contributed by atoms with E-state index in [2.05, 4.69) is 30.7 Å². The largest absolute Gasteiger partial charge is 0.444 e. The predicted octanol–water partition coefficient (Wildman–Crippen LogP) is 2.66. The van der Waals surface area contributed by atoms with Gasteiger partial charge in [-0.25, -0.2) is 4.79 Å². The minimum atomic E-state index is -0.418. The van der Waals surface area contributed by atoms with E-state index in [1.54, 1.807) is 0 Å². The summed E-state index contributed by atoms with van der Waals surface area (Å²) in [5.74, 6) is 0. The molecule has 0 saturated carbocycles. The number of nitrogens with zero attached hydrogens (tertiary/aromatic N) is 3. The number of hydrogen-bond donors (Lipinski definition) is 0. The molecule has 2 aliphatic rings. The maximum absolute atomic E-state index is 12.2. The third-order valence-electron chi connectivity index (χ3n) is 5.20. The van der Waals surface area contributed by atoms with Gasteiger partial charge in [0.2, 0.25) is 0 Å². The van der Waals surface area contributed by atoms with Crippen LogP contribution in [0.2, 0.25) is 0 Å². The van der Waals surface area contributed by atoms with Gasteiger partial charge < -0.3 is 14.5 Å². The zero-order valence-electron chi connectivity index (χ0n) is 15.9. The summed E-state index contributed by atoms with van der Waals surface area (Å²) in [6, 6.07) is 0.396. The summed E-state index contributed by atoms with van der Waals surface area (Å²) in [6.45, 7) is 16.5. The van der Waals surface area contributed by atoms with Crippen LogP contribution in [0.1, 0.15) is 47.5 Å². The Balaban J connectivity index is 1.85. The van der Waals surface area contributed by atoms with Crippen LogP contribution < -0.4 is 0 Å². The SMILES string of the molecule is CC1CN(C(=O)OC(C)(C)C)CCN1CC1(C)CCN(C)CC1. The topological polar surface area (TPSA) is 36.0 Å². The quantitative estimate of drug-likeness (QED) is 0.782. The van der Waals surface area contributed by atoms with Gasteiger partial charge in [0.15, 0.2) is 0 Å². The van der Waals surface area contributed by atoms with Crippen LogP contribution >= 0.6 is 0 Å². The van der Waals surface area contributed by atoms with E-state index in [4.69, 9.17) is 4.74 Å². The Bertz CT molecular complexity index is 411. The summed E-state index contributed by atoms with van der Waals surface area (Å²) in [5.41, 5.74) is -0.00604. The monoisotopic (exact) mass is 325 g/mol. The van der Waals surface area contributed by atoms with Crippen molar-refractivity contribution in [2.45, 2.75) is 59.1 Å². The standard InChI is InChI=1S/C18H35N3O2/c1-15-13-20(16(22)23-17(2,3)4)11-12-21(15)14-18(5)7-9-19(6)10-8-18/h15H,7-14H2,1-6H3. The van der Waals surface area contributed by atoms with Crippen LogP contribution in [0.5, 0.6) is 0 Å². The summed E-state index contributed by atoms with van der Waals surface area (Å²) in [7, 11) is 2.21. The van der Waals surface area contributed by atoms with Crippen molar-refractivity contribution in [3.63, 3.8) is 0 Å². The van der Waals surface area contributed by atoms with E-state index in [0.717, 1.165) is 26.2 Å². The van der Waals surface area contributed by atoms with Gasteiger partial charge in [-0.2, -0.15) is 0 Å². The Morgan fingerprint density at radius 1 is 1.17 bits per heavy atom. The molecule has 1 unspecified atom stereocenters. The normalized spacial score (nSPS) is 27.0. The van der Waals surface area contributed by atoms with Crippen molar-refractivity contribution in [3.05, 3.63) is 0 Å². The molecule has 2 aliphatic heterocycles. The van der Waals surface area contributed by atoms with Crippen molar-refractivity contribution < 1.29 is 9.53 Å². The Morgan fingerprint density at radius 3 is 2.30 bits per heavy atom. The summed E-state index contributed by atoms with van der Waals surface area (Å²) >= 11 is 0. The van der Waals surface area contributed by atoms with Gasteiger partial charge in [0.1, 0.15) is 5.60 Å². The second kappa shape index (κ2) is 6.98. The lowest BCUT2D eigenvalue weighted by atomic mass is 9.79. The molecule has 1 atom stereocenters. The number of ether oxygens (including phenoxy) is 1. The molecule has 0 spiro atoms. The summed E-state index contributed by atoms with van der Waals surface area (Å²) < 4.78 is 5.51. The van der Waals surface area contributed by atoms with Gasteiger partial charge in [-0.1, -0.05) is 6.92 Å². The fraction of sp³-hybridized carbons (Fsp3) is 0.944. The van der Waals surface area contributed by atoms with E-state index in [1.807, 2.05) is 25.7 Å². The van der Waals surface area contributed by atoms with Gasteiger partial charge in [-0.15, -0.1) is 0 Å². The molecule has 23 heavy (non-hydrogen) atoms. The van der Waals surface area contributed by atoms with Gasteiger partial charge in [0, 0.05) is 32.2 Å². The minimum Gasteiger partial charge on any atom is -0.444 e. The number of piperazine rings is 1. The number of hydrogen-bond acceptors (Lipinski definition) is 4. The Hall–Kier alpha value is -0.810. The summed E-state index contributed by atoms with van der Waals surface area (Å²) in [5, 5.41) is 0. The molecule has 2 rings (SSSR count). The van der Waals surface area contributed by atoms with Gasteiger partial charge >= 0.3 is 6.09 Å². The molecule has 2 heterocycles. The number of amides is 1. The van der Waals surface area contributed by atoms with E-state index in [9.17, 15) is 4.79 Å². The highest BCUT2D eigenvalue weighted by atomic mass is 16.6. The fourth-order valence-corrected chi connectivity index (χ4v) is 3.53. The molecule has 134 valence electrons. The van der Waals surface area contributed by atoms with Gasteiger partial charge in [-0.3, -0.25) is 4.90 Å². The molecule has 2 saturated heterocycles. The molecule has 0 bridgehead atoms. The van der Waals surface area contributed by atoms with Crippen LogP contribution in [0.15, 0.2) is 0 Å². The molecule has 0 aromatic rings. The number of carbonyl (C=O) groups excluding carboxylic acids is 1. The highest BCUT2D eigenvalue weighted by molar-refractivity contribution is 5.68. The smallest absolute Gasteiger partial charge is 0.410 e. The van der Waals surface area contributed by atoms with Crippen molar-refractivity contribution in [3.8, 4) is 0 Å². The van der Waals surface area contributed by atoms with Gasteiger partial charge in [0.05, 0.1) is 0 Å². The number of carbonyl (C=O) groups is 1. The van der Waals surface area contributed by atoms with Crippen molar-refractivity contribution >= 4 is 6.09 Å². The van der Waals surface area contributed by atoms with Crippen molar-refractivity contribution in [2.75, 3.05) is 46.3 Å². The first kappa shape index (κ1) is 18.5. The Kier molecular flexibility index (Phi) is 5.62. The third-order valence-corrected chi connectivity index (χ3v) is 5.20. The lowest BCUT2D eigenvalue weighted by Gasteiger charge is -2.46. The average Bonchev–Trinajstić information content (AvgIpc) is 2.43. The van der Waals surface area contributed by atoms with Crippen LogP contribution in [0, 0.1) is 5.41 Å². The van der Waals surface area contributed by atoms with Gasteiger partial charge in [-0.05, 0) is 66.1 Å². The van der Waals surface area contributed by atoms with Crippen LogP contribution in [0.4, 0.5) is 4.79 Å². The zero-order valence-corrected chi connectivity index (χ0v) is 15.9. The highest BCUT2D eigenvalue weighted by Crippen LogP contribution is 2.32. The molecule has 2 fully saturated rings. The van der Waals surface area contributed by atoms with E-state index < -0.39 is 5.60 Å². The fourth-order valence-electron chi connectivity index (χ4n) is 3.53. The molecule has 1 amide bonds. The minimum absolute atomic E-state index is 0.172. The summed E-state index contributed by atoms with van der Waals surface area (Å²) in [6.07, 6.45) is 2.36. The first-order valence-corrected chi connectivity index (χ1v) is 8.99. The lowest BCUT2D eigenvalue weighted by Crippen LogP contribution is -2.57. The summed E-state index contributed by atoms with van der Waals surface area (Å²) in [4.78, 5) is 19.1. The Labute approximate surface area is 141 Å². The second-order valence-corrected chi connectivity index (χ2v) is 8.86. The maximum Gasteiger partial charge on any atom is 0.410 e. The zero-order chi connectivity index (χ0) is 17.3. The number of piperidine rings is 1. The van der Waals surface area contributed by atoms with E-state index in [-0.39, 0.29) is 6.09 Å². The first-order chi connectivity index (χ1) is 10.6. The molecular formula is C18H35N3O2. The molecule has 5 nitrogen and oxygen atoms in total. The molecule has 0 N–H and O–H groups in total. The highest BCUT2D eigenvalue weighted by Gasteiger charge is 2.35. The van der Waals surface area contributed by atoms with E-state index in [1.165, 1.54) is 25.9 Å². The molecular weight excluding hydrogens is 290 g/mol. The molecule has 0 aliphatic carbocycles. The van der Waals surface area contributed by atoms with Crippen molar-refractivity contribution in [2.24, 2.45) is 5.41 Å². The van der Waals surface area contributed by atoms with E-state index in [0.29, 0.717) is 11.5 Å². The number of likely N-dealkylation sites (tertiary alicyclic amines) is 1. The van der Waals surface area contributed by atoms with Crippen LogP contribution in [-0.4, -0.2) is 78.8 Å².